The summed E-state index contributed by atoms with van der Waals surface area (Å²) in [6, 6.07) is 8.46. The number of benzene rings is 1. The molecular formula is C16H21N3O3S. The molecule has 7 heteroatoms. The van der Waals surface area contributed by atoms with E-state index in [4.69, 9.17) is 0 Å². The summed E-state index contributed by atoms with van der Waals surface area (Å²) in [5.41, 5.74) is -0.155. The maximum Gasteiger partial charge on any atom is 0.240 e. The van der Waals surface area contributed by atoms with Crippen LogP contribution in [0.2, 0.25) is 0 Å². The van der Waals surface area contributed by atoms with Crippen LogP contribution < -0.4 is 10.6 Å². The largest absolute Gasteiger partial charge is 0.376 e. The molecule has 0 spiro atoms. The Morgan fingerprint density at radius 3 is 2.43 bits per heavy atom. The third-order valence-corrected chi connectivity index (χ3v) is 5.82. The third kappa shape index (κ3) is 4.23. The highest BCUT2D eigenvalue weighted by Crippen LogP contribution is 2.39. The highest BCUT2D eigenvalue weighted by Gasteiger charge is 2.42. The van der Waals surface area contributed by atoms with E-state index < -0.39 is 15.4 Å². The highest BCUT2D eigenvalue weighted by atomic mass is 32.2. The summed E-state index contributed by atoms with van der Waals surface area (Å²) in [4.78, 5) is 12.2. The van der Waals surface area contributed by atoms with Crippen LogP contribution in [0.4, 0.5) is 5.69 Å². The van der Waals surface area contributed by atoms with Crippen molar-refractivity contribution in [2.75, 3.05) is 17.6 Å². The van der Waals surface area contributed by atoms with Crippen molar-refractivity contribution in [2.24, 2.45) is 5.92 Å². The van der Waals surface area contributed by atoms with Gasteiger partial charge in [0.2, 0.25) is 5.91 Å². The molecule has 0 radical (unpaired) electrons. The van der Waals surface area contributed by atoms with Gasteiger partial charge in [0.25, 0.3) is 0 Å². The van der Waals surface area contributed by atoms with E-state index in [0.29, 0.717) is 5.69 Å². The first kappa shape index (κ1) is 17.3. The molecule has 124 valence electrons. The summed E-state index contributed by atoms with van der Waals surface area (Å²) in [5.74, 6) is 0.0250. The van der Waals surface area contributed by atoms with Gasteiger partial charge in [0, 0.05) is 5.69 Å². The molecule has 1 aliphatic rings. The van der Waals surface area contributed by atoms with Crippen LogP contribution >= 0.6 is 0 Å². The van der Waals surface area contributed by atoms with Crippen LogP contribution in [-0.2, 0) is 14.6 Å². The predicted molar refractivity (Wildman–Crippen MR) is 87.5 cm³/mol. The van der Waals surface area contributed by atoms with Gasteiger partial charge in [-0.2, -0.15) is 5.26 Å². The van der Waals surface area contributed by atoms with E-state index in [9.17, 15) is 18.5 Å². The van der Waals surface area contributed by atoms with Crippen molar-refractivity contribution >= 4 is 21.4 Å². The number of hydrogen-bond donors (Lipinski definition) is 2. The van der Waals surface area contributed by atoms with Gasteiger partial charge in [-0.05, 0) is 49.9 Å². The SMILES string of the molecule is CCS(=O)(=O)c1ccc(NCC(=O)N[C@](C)(C#N)C2CC2)cc1. The van der Waals surface area contributed by atoms with E-state index in [1.54, 1.807) is 26.0 Å². The number of amides is 1. The Labute approximate surface area is 136 Å². The average molecular weight is 335 g/mol. The molecule has 1 saturated carbocycles. The van der Waals surface area contributed by atoms with Gasteiger partial charge in [0.15, 0.2) is 9.84 Å². The van der Waals surface area contributed by atoms with Crippen molar-refractivity contribution in [3.05, 3.63) is 24.3 Å². The molecule has 1 amide bonds. The number of hydrogen-bond acceptors (Lipinski definition) is 5. The summed E-state index contributed by atoms with van der Waals surface area (Å²) in [6.07, 6.45) is 1.93. The van der Waals surface area contributed by atoms with Gasteiger partial charge in [0.05, 0.1) is 23.3 Å². The molecule has 2 rings (SSSR count). The smallest absolute Gasteiger partial charge is 0.240 e. The van der Waals surface area contributed by atoms with Gasteiger partial charge in [0.1, 0.15) is 5.54 Å². The van der Waals surface area contributed by atoms with E-state index in [-0.39, 0.29) is 29.0 Å². The Balaban J connectivity index is 1.91. The summed E-state index contributed by atoms with van der Waals surface area (Å²) >= 11 is 0. The zero-order valence-electron chi connectivity index (χ0n) is 13.3. The van der Waals surface area contributed by atoms with Gasteiger partial charge >= 0.3 is 0 Å². The Kier molecular flexibility index (Phi) is 4.95. The maximum absolute atomic E-state index is 12.0. The van der Waals surface area contributed by atoms with Crippen LogP contribution in [0, 0.1) is 17.2 Å². The lowest BCUT2D eigenvalue weighted by molar-refractivity contribution is -0.120. The van der Waals surface area contributed by atoms with Crippen LogP contribution in [0.1, 0.15) is 26.7 Å². The maximum atomic E-state index is 12.0. The second-order valence-corrected chi connectivity index (χ2v) is 8.20. The first-order valence-corrected chi connectivity index (χ1v) is 9.25. The number of sulfone groups is 1. The second kappa shape index (κ2) is 6.59. The fourth-order valence-corrected chi connectivity index (χ4v) is 3.23. The number of carbonyl (C=O) groups excluding carboxylic acids is 1. The van der Waals surface area contributed by atoms with Crippen LogP contribution in [0.3, 0.4) is 0 Å². The minimum atomic E-state index is -3.22. The molecule has 0 aliphatic heterocycles. The van der Waals surface area contributed by atoms with Gasteiger partial charge in [-0.3, -0.25) is 4.79 Å². The molecule has 1 fully saturated rings. The van der Waals surface area contributed by atoms with Crippen LogP contribution in [-0.4, -0.2) is 32.2 Å². The lowest BCUT2D eigenvalue weighted by Gasteiger charge is -2.23. The number of anilines is 1. The molecule has 1 aliphatic carbocycles. The van der Waals surface area contributed by atoms with E-state index in [1.165, 1.54) is 12.1 Å². The summed E-state index contributed by atoms with van der Waals surface area (Å²) in [6.45, 7) is 3.37. The Hall–Kier alpha value is -2.07. The molecule has 1 aromatic carbocycles. The fourth-order valence-electron chi connectivity index (χ4n) is 2.34. The number of nitrogens with one attached hydrogen (secondary N) is 2. The van der Waals surface area contributed by atoms with E-state index in [2.05, 4.69) is 16.7 Å². The molecule has 0 unspecified atom stereocenters. The number of nitrogens with zero attached hydrogens (tertiary/aromatic N) is 1. The Morgan fingerprint density at radius 2 is 1.96 bits per heavy atom. The zero-order chi connectivity index (χ0) is 17.1. The van der Waals surface area contributed by atoms with Crippen molar-refractivity contribution in [2.45, 2.75) is 37.1 Å². The fraction of sp³-hybridized carbons (Fsp3) is 0.500. The number of carbonyl (C=O) groups is 1. The van der Waals surface area contributed by atoms with Crippen molar-refractivity contribution < 1.29 is 13.2 Å². The molecule has 0 bridgehead atoms. The predicted octanol–water partition coefficient (Wildman–Crippen LogP) is 1.70. The Bertz CT molecular complexity index is 718. The standard InChI is InChI=1S/C16H21N3O3S/c1-3-23(21,22)14-8-6-13(7-9-14)18-10-15(20)19-16(2,11-17)12-4-5-12/h6-9,12,18H,3-5,10H2,1-2H3,(H,19,20)/t16-/m1/s1. The van der Waals surface area contributed by atoms with E-state index in [1.807, 2.05) is 0 Å². The topological polar surface area (TPSA) is 99.1 Å². The normalized spacial score (nSPS) is 16.9. The van der Waals surface area contributed by atoms with Gasteiger partial charge in [-0.15, -0.1) is 0 Å². The van der Waals surface area contributed by atoms with Crippen molar-refractivity contribution in [1.29, 1.82) is 5.26 Å². The van der Waals surface area contributed by atoms with Crippen LogP contribution in [0.25, 0.3) is 0 Å². The molecule has 6 nitrogen and oxygen atoms in total. The van der Waals surface area contributed by atoms with Gasteiger partial charge in [-0.25, -0.2) is 8.42 Å². The molecule has 1 aromatic rings. The molecule has 1 atom stereocenters. The number of rotatable bonds is 7. The monoisotopic (exact) mass is 335 g/mol. The first-order chi connectivity index (χ1) is 10.8. The van der Waals surface area contributed by atoms with Crippen molar-refractivity contribution in [1.82, 2.24) is 5.32 Å². The summed E-state index contributed by atoms with van der Waals surface area (Å²) < 4.78 is 23.4. The lowest BCUT2D eigenvalue weighted by atomic mass is 9.98. The van der Waals surface area contributed by atoms with Gasteiger partial charge in [-0.1, -0.05) is 6.92 Å². The van der Waals surface area contributed by atoms with E-state index in [0.717, 1.165) is 12.8 Å². The van der Waals surface area contributed by atoms with Gasteiger partial charge < -0.3 is 10.6 Å². The second-order valence-electron chi connectivity index (χ2n) is 5.92. The van der Waals surface area contributed by atoms with E-state index >= 15 is 0 Å². The van der Waals surface area contributed by atoms with Crippen LogP contribution in [0.5, 0.6) is 0 Å². The molecule has 23 heavy (non-hydrogen) atoms. The zero-order valence-corrected chi connectivity index (χ0v) is 14.1. The third-order valence-electron chi connectivity index (χ3n) is 4.07. The molecule has 0 heterocycles. The van der Waals surface area contributed by atoms with Crippen molar-refractivity contribution in [3.63, 3.8) is 0 Å². The van der Waals surface area contributed by atoms with Crippen molar-refractivity contribution in [3.8, 4) is 6.07 Å². The van der Waals surface area contributed by atoms with Crippen LogP contribution in [0.15, 0.2) is 29.2 Å². The quantitative estimate of drug-likeness (QED) is 0.790. The summed E-state index contributed by atoms with van der Waals surface area (Å²) in [5, 5.41) is 14.9. The summed E-state index contributed by atoms with van der Waals surface area (Å²) in [7, 11) is -3.22. The average Bonchev–Trinajstić information content (AvgIpc) is 3.38. The molecule has 0 aromatic heterocycles. The molecule has 0 saturated heterocycles. The first-order valence-electron chi connectivity index (χ1n) is 7.59. The Morgan fingerprint density at radius 1 is 1.35 bits per heavy atom. The number of nitriles is 1. The minimum absolute atomic E-state index is 0.0316. The highest BCUT2D eigenvalue weighted by molar-refractivity contribution is 7.91. The molecular weight excluding hydrogens is 314 g/mol. The minimum Gasteiger partial charge on any atom is -0.376 e. The lowest BCUT2D eigenvalue weighted by Crippen LogP contribution is -2.48. The molecule has 2 N–H and O–H groups in total.